The van der Waals surface area contributed by atoms with Gasteiger partial charge in [-0.15, -0.1) is 0 Å². The summed E-state index contributed by atoms with van der Waals surface area (Å²) in [6.45, 7) is 9.31. The van der Waals surface area contributed by atoms with Crippen LogP contribution in [0.25, 0.3) is 0 Å². The van der Waals surface area contributed by atoms with Gasteiger partial charge >= 0.3 is 0 Å². The lowest BCUT2D eigenvalue weighted by molar-refractivity contribution is 0.441. The summed E-state index contributed by atoms with van der Waals surface area (Å²) in [7, 11) is 1.98. The zero-order chi connectivity index (χ0) is 14.0. The molecule has 4 N–H and O–H groups in total. The summed E-state index contributed by atoms with van der Waals surface area (Å²) in [5, 5.41) is 6.56. The molecule has 0 aliphatic carbocycles. The van der Waals surface area contributed by atoms with E-state index in [0.717, 1.165) is 31.3 Å². The first-order chi connectivity index (χ1) is 8.87. The fraction of sp³-hybridized carbons (Fsp3) is 0.692. The van der Waals surface area contributed by atoms with Crippen molar-refractivity contribution in [3.63, 3.8) is 0 Å². The van der Waals surface area contributed by atoms with Gasteiger partial charge in [-0.25, -0.2) is 0 Å². The second-order valence-electron chi connectivity index (χ2n) is 6.27. The molecule has 1 aromatic heterocycles. The number of nitrogen functional groups attached to an aromatic ring is 1. The predicted octanol–water partition coefficient (Wildman–Crippen LogP) is 0.925. The van der Waals surface area contributed by atoms with Crippen molar-refractivity contribution in [3.8, 4) is 0 Å². The monoisotopic (exact) mass is 264 g/mol. The van der Waals surface area contributed by atoms with Crippen molar-refractivity contribution >= 4 is 17.6 Å². The van der Waals surface area contributed by atoms with E-state index in [4.69, 9.17) is 5.73 Å². The molecule has 1 saturated heterocycles. The SMILES string of the molecule is CNC1CN(c2cc(NCC(C)(C)C)nc(N)n2)C1. The van der Waals surface area contributed by atoms with E-state index in [1.165, 1.54) is 0 Å². The third-order valence-corrected chi connectivity index (χ3v) is 3.14. The molecule has 2 heterocycles. The molecule has 0 aromatic carbocycles. The van der Waals surface area contributed by atoms with Crippen molar-refractivity contribution in [3.05, 3.63) is 6.07 Å². The Morgan fingerprint density at radius 1 is 1.37 bits per heavy atom. The van der Waals surface area contributed by atoms with E-state index in [2.05, 4.69) is 46.3 Å². The lowest BCUT2D eigenvalue weighted by atomic mass is 9.97. The van der Waals surface area contributed by atoms with E-state index in [1.807, 2.05) is 13.1 Å². The number of nitrogens with zero attached hydrogens (tertiary/aromatic N) is 3. The summed E-state index contributed by atoms with van der Waals surface area (Å²) in [6, 6.07) is 2.51. The van der Waals surface area contributed by atoms with Crippen LogP contribution in [0.15, 0.2) is 6.07 Å². The summed E-state index contributed by atoms with van der Waals surface area (Å²) < 4.78 is 0. The van der Waals surface area contributed by atoms with Crippen molar-refractivity contribution < 1.29 is 0 Å². The second-order valence-corrected chi connectivity index (χ2v) is 6.27. The van der Waals surface area contributed by atoms with Crippen LogP contribution >= 0.6 is 0 Å². The Labute approximate surface area is 114 Å². The maximum Gasteiger partial charge on any atom is 0.223 e. The number of hydrogen-bond acceptors (Lipinski definition) is 6. The smallest absolute Gasteiger partial charge is 0.223 e. The average Bonchev–Trinajstić information content (AvgIpc) is 2.23. The van der Waals surface area contributed by atoms with Crippen LogP contribution in [-0.2, 0) is 0 Å². The number of anilines is 3. The molecular formula is C13H24N6. The Morgan fingerprint density at radius 2 is 2.05 bits per heavy atom. The van der Waals surface area contributed by atoms with Gasteiger partial charge in [0.25, 0.3) is 0 Å². The summed E-state index contributed by atoms with van der Waals surface area (Å²) in [5.41, 5.74) is 5.98. The fourth-order valence-corrected chi connectivity index (χ4v) is 1.91. The first-order valence-corrected chi connectivity index (χ1v) is 6.68. The quantitative estimate of drug-likeness (QED) is 0.750. The molecule has 1 aliphatic heterocycles. The fourth-order valence-electron chi connectivity index (χ4n) is 1.91. The van der Waals surface area contributed by atoms with Crippen LogP contribution in [0.3, 0.4) is 0 Å². The third-order valence-electron chi connectivity index (χ3n) is 3.14. The van der Waals surface area contributed by atoms with Gasteiger partial charge in [0.05, 0.1) is 0 Å². The van der Waals surface area contributed by atoms with Crippen molar-refractivity contribution in [1.29, 1.82) is 0 Å². The molecule has 0 radical (unpaired) electrons. The van der Waals surface area contributed by atoms with Gasteiger partial charge in [0.15, 0.2) is 0 Å². The topological polar surface area (TPSA) is 79.1 Å². The van der Waals surface area contributed by atoms with Crippen LogP contribution in [0.2, 0.25) is 0 Å². The van der Waals surface area contributed by atoms with Crippen molar-refractivity contribution in [2.24, 2.45) is 5.41 Å². The zero-order valence-electron chi connectivity index (χ0n) is 12.2. The van der Waals surface area contributed by atoms with Crippen molar-refractivity contribution in [1.82, 2.24) is 15.3 Å². The molecule has 1 fully saturated rings. The predicted molar refractivity (Wildman–Crippen MR) is 79.4 cm³/mol. The Balaban J connectivity index is 2.03. The van der Waals surface area contributed by atoms with Crippen LogP contribution in [-0.4, -0.2) is 42.7 Å². The number of hydrogen-bond donors (Lipinski definition) is 3. The summed E-state index contributed by atoms with van der Waals surface area (Å²) in [6.07, 6.45) is 0. The van der Waals surface area contributed by atoms with Crippen LogP contribution in [0.1, 0.15) is 20.8 Å². The largest absolute Gasteiger partial charge is 0.369 e. The van der Waals surface area contributed by atoms with Gasteiger partial charge in [-0.2, -0.15) is 9.97 Å². The number of likely N-dealkylation sites (N-methyl/N-ethyl adjacent to an activating group) is 1. The lowest BCUT2D eigenvalue weighted by Gasteiger charge is -2.40. The van der Waals surface area contributed by atoms with E-state index < -0.39 is 0 Å². The normalized spacial score (nSPS) is 16.3. The molecule has 0 amide bonds. The Kier molecular flexibility index (Phi) is 3.80. The van der Waals surface area contributed by atoms with Gasteiger partial charge in [0.2, 0.25) is 5.95 Å². The average molecular weight is 264 g/mol. The lowest BCUT2D eigenvalue weighted by Crippen LogP contribution is -2.57. The van der Waals surface area contributed by atoms with Gasteiger partial charge < -0.3 is 21.3 Å². The van der Waals surface area contributed by atoms with Gasteiger partial charge in [-0.1, -0.05) is 20.8 Å². The van der Waals surface area contributed by atoms with Gasteiger partial charge in [0, 0.05) is 31.7 Å². The van der Waals surface area contributed by atoms with Gasteiger partial charge in [-0.3, -0.25) is 0 Å². The minimum absolute atomic E-state index is 0.202. The Hall–Kier alpha value is -1.56. The Bertz CT molecular complexity index is 433. The Morgan fingerprint density at radius 3 is 2.63 bits per heavy atom. The minimum atomic E-state index is 0.202. The number of rotatable bonds is 4. The molecule has 0 bridgehead atoms. The van der Waals surface area contributed by atoms with E-state index in [-0.39, 0.29) is 5.41 Å². The molecule has 0 unspecified atom stereocenters. The van der Waals surface area contributed by atoms with Gasteiger partial charge in [-0.05, 0) is 12.5 Å². The third kappa shape index (κ3) is 3.70. The maximum absolute atomic E-state index is 5.78. The molecule has 0 saturated carbocycles. The molecule has 1 aliphatic rings. The van der Waals surface area contributed by atoms with E-state index >= 15 is 0 Å². The van der Waals surface area contributed by atoms with Gasteiger partial charge in [0.1, 0.15) is 11.6 Å². The molecular weight excluding hydrogens is 240 g/mol. The van der Waals surface area contributed by atoms with E-state index in [0.29, 0.717) is 12.0 Å². The molecule has 0 atom stereocenters. The van der Waals surface area contributed by atoms with E-state index in [9.17, 15) is 0 Å². The van der Waals surface area contributed by atoms with Crippen LogP contribution in [0.5, 0.6) is 0 Å². The molecule has 106 valence electrons. The van der Waals surface area contributed by atoms with Crippen LogP contribution in [0, 0.1) is 5.41 Å². The molecule has 19 heavy (non-hydrogen) atoms. The van der Waals surface area contributed by atoms with E-state index in [1.54, 1.807) is 0 Å². The first-order valence-electron chi connectivity index (χ1n) is 6.68. The standard InChI is InChI=1S/C13H24N6/c1-13(2,3)8-16-10-5-11(18-12(14)17-10)19-6-9(7-19)15-4/h5,9,15H,6-8H2,1-4H3,(H3,14,16,17,18). The zero-order valence-corrected chi connectivity index (χ0v) is 12.2. The molecule has 0 spiro atoms. The highest BCUT2D eigenvalue weighted by atomic mass is 15.3. The summed E-state index contributed by atoms with van der Waals surface area (Å²) in [4.78, 5) is 10.7. The van der Waals surface area contributed by atoms with Crippen molar-refractivity contribution in [2.45, 2.75) is 26.8 Å². The molecule has 1 aromatic rings. The van der Waals surface area contributed by atoms with Crippen molar-refractivity contribution in [2.75, 3.05) is 42.6 Å². The number of aromatic nitrogens is 2. The number of nitrogens with one attached hydrogen (secondary N) is 2. The molecule has 2 rings (SSSR count). The number of nitrogens with two attached hydrogens (primary N) is 1. The highest BCUT2D eigenvalue weighted by Crippen LogP contribution is 2.23. The summed E-state index contributed by atoms with van der Waals surface area (Å²) in [5.74, 6) is 2.02. The molecule has 6 nitrogen and oxygen atoms in total. The minimum Gasteiger partial charge on any atom is -0.369 e. The highest BCUT2D eigenvalue weighted by Gasteiger charge is 2.26. The highest BCUT2D eigenvalue weighted by molar-refractivity contribution is 5.54. The first kappa shape index (κ1) is 13.9. The maximum atomic E-state index is 5.78. The summed E-state index contributed by atoms with van der Waals surface area (Å²) >= 11 is 0. The van der Waals surface area contributed by atoms with Crippen LogP contribution < -0.4 is 21.3 Å². The second kappa shape index (κ2) is 5.21. The van der Waals surface area contributed by atoms with Crippen LogP contribution in [0.4, 0.5) is 17.6 Å². The molecule has 6 heteroatoms.